The number of carbonyl (C=O) groups is 3. The van der Waals surface area contributed by atoms with E-state index in [9.17, 15) is 14.4 Å². The summed E-state index contributed by atoms with van der Waals surface area (Å²) in [4.78, 5) is 35.9. The van der Waals surface area contributed by atoms with Crippen molar-refractivity contribution in [3.8, 4) is 0 Å². The summed E-state index contributed by atoms with van der Waals surface area (Å²) in [6.07, 6.45) is 0.402. The zero-order chi connectivity index (χ0) is 13.3. The maximum Gasteiger partial charge on any atom is 0.335 e. The maximum absolute atomic E-state index is 11.8. The van der Waals surface area contributed by atoms with E-state index >= 15 is 0 Å². The van der Waals surface area contributed by atoms with Crippen molar-refractivity contribution in [3.05, 3.63) is 29.3 Å². The lowest BCUT2D eigenvalue weighted by atomic mass is 10.1. The van der Waals surface area contributed by atoms with Crippen molar-refractivity contribution in [2.24, 2.45) is 0 Å². The fourth-order valence-corrected chi connectivity index (χ4v) is 1.94. The second-order valence-corrected chi connectivity index (χ2v) is 4.24. The van der Waals surface area contributed by atoms with E-state index in [1.54, 1.807) is 13.0 Å². The number of hydrogen-bond donors (Lipinski definition) is 1. The van der Waals surface area contributed by atoms with Crippen LogP contribution >= 0.6 is 0 Å². The molecular weight excluding hydrogens is 232 g/mol. The first-order chi connectivity index (χ1) is 8.52. The van der Waals surface area contributed by atoms with Gasteiger partial charge in [-0.05, 0) is 18.6 Å². The summed E-state index contributed by atoms with van der Waals surface area (Å²) < 4.78 is 0. The largest absolute Gasteiger partial charge is 0.335 e. The van der Waals surface area contributed by atoms with Gasteiger partial charge in [-0.1, -0.05) is 24.6 Å². The van der Waals surface area contributed by atoms with Crippen LogP contribution in [0.4, 0.5) is 10.5 Å². The first-order valence-corrected chi connectivity index (χ1v) is 5.79. The van der Waals surface area contributed by atoms with Crippen molar-refractivity contribution in [2.45, 2.75) is 26.7 Å². The minimum absolute atomic E-state index is 0.199. The number of nitrogens with one attached hydrogen (secondary N) is 1. The van der Waals surface area contributed by atoms with Crippen LogP contribution in [0.2, 0.25) is 0 Å². The minimum Gasteiger partial charge on any atom is -0.277 e. The van der Waals surface area contributed by atoms with Gasteiger partial charge in [0.1, 0.15) is 0 Å². The number of benzene rings is 1. The monoisotopic (exact) mass is 246 g/mol. The molecule has 0 atom stereocenters. The van der Waals surface area contributed by atoms with Gasteiger partial charge < -0.3 is 0 Å². The molecule has 0 saturated carbocycles. The molecule has 1 aromatic rings. The molecule has 5 nitrogen and oxygen atoms in total. The molecule has 0 spiro atoms. The molecule has 0 saturated heterocycles. The number of hydrogen-bond acceptors (Lipinski definition) is 3. The molecule has 0 aromatic heterocycles. The molecule has 0 fully saturated rings. The standard InChI is InChI=1S/C13H14N2O3/c1-3-11(16)14-13(18)15-10-5-4-8(2)6-9(10)7-12(15)17/h4-6H,3,7H2,1-2H3,(H,14,16,18). The smallest absolute Gasteiger partial charge is 0.277 e. The predicted octanol–water partition coefficient (Wildman–Crippen LogP) is 1.53. The quantitative estimate of drug-likeness (QED) is 0.817. The summed E-state index contributed by atoms with van der Waals surface area (Å²) >= 11 is 0. The average Bonchev–Trinajstić information content (AvgIpc) is 2.63. The van der Waals surface area contributed by atoms with Crippen LogP contribution in [0.15, 0.2) is 18.2 Å². The highest BCUT2D eigenvalue weighted by Crippen LogP contribution is 2.29. The fourth-order valence-electron chi connectivity index (χ4n) is 1.94. The summed E-state index contributed by atoms with van der Waals surface area (Å²) in [6.45, 7) is 3.57. The van der Waals surface area contributed by atoms with Gasteiger partial charge in [-0.15, -0.1) is 0 Å². The van der Waals surface area contributed by atoms with E-state index in [4.69, 9.17) is 0 Å². The highest BCUT2D eigenvalue weighted by molar-refractivity contribution is 6.21. The number of urea groups is 1. The molecule has 1 heterocycles. The Bertz CT molecular complexity index is 537. The summed E-state index contributed by atoms with van der Waals surface area (Å²) in [5.74, 6) is -0.703. The lowest BCUT2D eigenvalue weighted by molar-refractivity contribution is -0.119. The van der Waals surface area contributed by atoms with Crippen LogP contribution in [0, 0.1) is 6.92 Å². The van der Waals surface area contributed by atoms with Crippen LogP contribution in [0.5, 0.6) is 0 Å². The van der Waals surface area contributed by atoms with Crippen LogP contribution in [-0.4, -0.2) is 17.8 Å². The third-order valence-corrected chi connectivity index (χ3v) is 2.84. The molecule has 1 N–H and O–H groups in total. The van der Waals surface area contributed by atoms with Gasteiger partial charge in [0.15, 0.2) is 0 Å². The van der Waals surface area contributed by atoms with E-state index in [-0.39, 0.29) is 18.7 Å². The molecule has 1 aliphatic heterocycles. The molecule has 4 amide bonds. The number of carbonyl (C=O) groups excluding carboxylic acids is 3. The molecular formula is C13H14N2O3. The number of imide groups is 2. The summed E-state index contributed by atoms with van der Waals surface area (Å²) in [5.41, 5.74) is 2.42. The van der Waals surface area contributed by atoms with E-state index < -0.39 is 11.9 Å². The summed E-state index contributed by atoms with van der Waals surface area (Å²) in [7, 11) is 0. The zero-order valence-corrected chi connectivity index (χ0v) is 10.3. The lowest BCUT2D eigenvalue weighted by Crippen LogP contribution is -2.44. The van der Waals surface area contributed by atoms with Gasteiger partial charge in [-0.25, -0.2) is 9.69 Å². The molecule has 5 heteroatoms. The average molecular weight is 246 g/mol. The Kier molecular flexibility index (Phi) is 3.14. The second kappa shape index (κ2) is 4.60. The SMILES string of the molecule is CCC(=O)NC(=O)N1C(=O)Cc2cc(C)ccc21. The molecule has 1 aliphatic rings. The number of amides is 4. The Morgan fingerprint density at radius 1 is 1.39 bits per heavy atom. The van der Waals surface area contributed by atoms with E-state index in [0.717, 1.165) is 16.0 Å². The molecule has 0 unspecified atom stereocenters. The van der Waals surface area contributed by atoms with Crippen molar-refractivity contribution >= 4 is 23.5 Å². The van der Waals surface area contributed by atoms with Crippen molar-refractivity contribution < 1.29 is 14.4 Å². The zero-order valence-electron chi connectivity index (χ0n) is 10.3. The Morgan fingerprint density at radius 2 is 2.11 bits per heavy atom. The second-order valence-electron chi connectivity index (χ2n) is 4.24. The molecule has 0 aliphatic carbocycles. The van der Waals surface area contributed by atoms with Crippen molar-refractivity contribution in [1.82, 2.24) is 5.32 Å². The lowest BCUT2D eigenvalue weighted by Gasteiger charge is -2.15. The molecule has 0 radical (unpaired) electrons. The van der Waals surface area contributed by atoms with Crippen molar-refractivity contribution in [2.75, 3.05) is 4.90 Å². The van der Waals surface area contributed by atoms with Crippen LogP contribution in [0.1, 0.15) is 24.5 Å². The number of anilines is 1. The number of rotatable bonds is 1. The Labute approximate surface area is 105 Å². The fraction of sp³-hybridized carbons (Fsp3) is 0.308. The van der Waals surface area contributed by atoms with E-state index in [1.807, 2.05) is 19.1 Å². The normalized spacial score (nSPS) is 13.4. The van der Waals surface area contributed by atoms with Gasteiger partial charge in [-0.3, -0.25) is 14.9 Å². The van der Waals surface area contributed by atoms with Gasteiger partial charge in [0, 0.05) is 6.42 Å². The van der Waals surface area contributed by atoms with Crippen molar-refractivity contribution in [3.63, 3.8) is 0 Å². The van der Waals surface area contributed by atoms with Gasteiger partial charge in [-0.2, -0.15) is 0 Å². The van der Waals surface area contributed by atoms with Gasteiger partial charge in [0.25, 0.3) is 0 Å². The van der Waals surface area contributed by atoms with E-state index in [2.05, 4.69) is 5.32 Å². The highest BCUT2D eigenvalue weighted by atomic mass is 16.2. The topological polar surface area (TPSA) is 66.5 Å². The number of aryl methyl sites for hydroxylation is 1. The third-order valence-electron chi connectivity index (χ3n) is 2.84. The Morgan fingerprint density at radius 3 is 2.78 bits per heavy atom. The van der Waals surface area contributed by atoms with Gasteiger partial charge >= 0.3 is 6.03 Å². The summed E-state index contributed by atoms with van der Waals surface area (Å²) in [5, 5.41) is 2.18. The van der Waals surface area contributed by atoms with E-state index in [0.29, 0.717) is 5.69 Å². The predicted molar refractivity (Wildman–Crippen MR) is 66.2 cm³/mol. The molecule has 94 valence electrons. The maximum atomic E-state index is 11.8. The third kappa shape index (κ3) is 2.11. The number of nitrogens with zero attached hydrogens (tertiary/aromatic N) is 1. The van der Waals surface area contributed by atoms with Crippen LogP contribution in [0.25, 0.3) is 0 Å². The molecule has 1 aromatic carbocycles. The van der Waals surface area contributed by atoms with E-state index in [1.165, 1.54) is 0 Å². The van der Waals surface area contributed by atoms with Crippen LogP contribution in [0.3, 0.4) is 0 Å². The highest BCUT2D eigenvalue weighted by Gasteiger charge is 2.32. The van der Waals surface area contributed by atoms with Crippen molar-refractivity contribution in [1.29, 1.82) is 0 Å². The van der Waals surface area contributed by atoms with Crippen LogP contribution in [-0.2, 0) is 16.0 Å². The van der Waals surface area contributed by atoms with Gasteiger partial charge in [0.2, 0.25) is 11.8 Å². The first-order valence-electron chi connectivity index (χ1n) is 5.79. The molecule has 18 heavy (non-hydrogen) atoms. The Hall–Kier alpha value is -2.17. The molecule has 0 bridgehead atoms. The first kappa shape index (κ1) is 12.3. The Balaban J connectivity index is 2.28. The van der Waals surface area contributed by atoms with Crippen LogP contribution < -0.4 is 10.2 Å². The summed E-state index contributed by atoms with van der Waals surface area (Å²) in [6, 6.07) is 4.77. The van der Waals surface area contributed by atoms with Gasteiger partial charge in [0.05, 0.1) is 12.1 Å². The minimum atomic E-state index is -0.672. The molecule has 2 rings (SSSR count). The number of fused-ring (bicyclic) bond motifs is 1.